The van der Waals surface area contributed by atoms with Gasteiger partial charge in [0.05, 0.1) is 5.69 Å². The second kappa shape index (κ2) is 6.95. The zero-order valence-corrected chi connectivity index (χ0v) is 18.6. The van der Waals surface area contributed by atoms with Crippen molar-refractivity contribution in [3.8, 4) is 17.3 Å². The first-order chi connectivity index (χ1) is 16.7. The first-order valence-corrected chi connectivity index (χ1v) is 10.9. The van der Waals surface area contributed by atoms with Crippen LogP contribution in [-0.2, 0) is 6.37 Å². The van der Waals surface area contributed by atoms with Gasteiger partial charge in [-0.1, -0.05) is 51.1 Å². The lowest BCUT2D eigenvalue weighted by molar-refractivity contribution is 0.411. The molecule has 0 radical (unpaired) electrons. The summed E-state index contributed by atoms with van der Waals surface area (Å²) in [4.78, 5) is 4.54. The topological polar surface area (TPSA) is 63.0 Å². The highest BCUT2D eigenvalue weighted by Gasteiger charge is 2.21. The first-order valence-electron chi connectivity index (χ1n) is 11.9. The summed E-state index contributed by atoms with van der Waals surface area (Å²) in [5.74, 6) is 0. The van der Waals surface area contributed by atoms with E-state index in [2.05, 4.69) is 11.1 Å². The van der Waals surface area contributed by atoms with Crippen LogP contribution in [0.5, 0.6) is 0 Å². The molecule has 33 heavy (non-hydrogen) atoms. The largest absolute Gasteiger partial charge is 0.456 e. The Morgan fingerprint density at radius 1 is 0.909 bits per heavy atom. The van der Waals surface area contributed by atoms with Crippen LogP contribution in [0.15, 0.2) is 75.7 Å². The molecule has 3 heterocycles. The summed E-state index contributed by atoms with van der Waals surface area (Å²) in [5, 5.41) is 13.4. The van der Waals surface area contributed by atoms with Crippen LogP contribution < -0.4 is 0 Å². The highest BCUT2D eigenvalue weighted by Crippen LogP contribution is 2.42. The van der Waals surface area contributed by atoms with E-state index in [9.17, 15) is 5.26 Å². The van der Waals surface area contributed by atoms with Crippen LogP contribution in [0.1, 0.15) is 34.6 Å². The van der Waals surface area contributed by atoms with Crippen molar-refractivity contribution < 1.29 is 11.6 Å². The minimum Gasteiger partial charge on any atom is -0.456 e. The number of fused-ring (bicyclic) bond motifs is 6. The van der Waals surface area contributed by atoms with Gasteiger partial charge in [0.15, 0.2) is 5.58 Å². The molecule has 0 fully saturated rings. The smallest absolute Gasteiger partial charge is 0.154 e. The number of furan rings is 2. The van der Waals surface area contributed by atoms with Crippen molar-refractivity contribution in [3.05, 3.63) is 78.0 Å². The molecule has 160 valence electrons. The summed E-state index contributed by atoms with van der Waals surface area (Å²) in [7, 11) is 0. The molecule has 3 aromatic carbocycles. The van der Waals surface area contributed by atoms with E-state index in [-0.39, 0.29) is 0 Å². The molecule has 4 heteroatoms. The van der Waals surface area contributed by atoms with Crippen molar-refractivity contribution >= 4 is 43.9 Å². The van der Waals surface area contributed by atoms with E-state index in [1.54, 1.807) is 18.3 Å². The third-order valence-corrected chi connectivity index (χ3v) is 5.80. The summed E-state index contributed by atoms with van der Waals surface area (Å²) < 4.78 is 29.8. The number of aromatic nitrogens is 1. The molecule has 4 nitrogen and oxygen atoms in total. The second-order valence-electron chi connectivity index (χ2n) is 9.30. The molecule has 0 saturated carbocycles. The molecule has 0 saturated heterocycles. The zero-order chi connectivity index (χ0) is 24.5. The fraction of sp³-hybridized carbons (Fsp3) is 0.172. The monoisotopic (exact) mass is 432 g/mol. The van der Waals surface area contributed by atoms with Crippen LogP contribution >= 0.6 is 0 Å². The van der Waals surface area contributed by atoms with Crippen molar-refractivity contribution in [3.63, 3.8) is 0 Å². The van der Waals surface area contributed by atoms with E-state index < -0.39 is 11.8 Å². The average Bonchev–Trinajstić information content (AvgIpc) is 3.40. The lowest BCUT2D eigenvalue weighted by Gasteiger charge is -2.18. The van der Waals surface area contributed by atoms with Crippen molar-refractivity contribution in [2.75, 3.05) is 0 Å². The van der Waals surface area contributed by atoms with E-state index in [1.165, 1.54) is 0 Å². The second-order valence-corrected chi connectivity index (χ2v) is 9.30. The first kappa shape index (κ1) is 17.5. The third-order valence-electron chi connectivity index (χ3n) is 5.80. The average molecular weight is 433 g/mol. The minimum absolute atomic E-state index is 0.440. The number of pyridine rings is 1. The molecule has 0 amide bonds. The van der Waals surface area contributed by atoms with Gasteiger partial charge in [0, 0.05) is 36.0 Å². The van der Waals surface area contributed by atoms with Gasteiger partial charge in [0.2, 0.25) is 0 Å². The fourth-order valence-electron chi connectivity index (χ4n) is 4.53. The van der Waals surface area contributed by atoms with Crippen LogP contribution in [0.3, 0.4) is 0 Å². The van der Waals surface area contributed by atoms with Gasteiger partial charge in [-0.2, -0.15) is 5.26 Å². The molecule has 3 aromatic heterocycles. The third kappa shape index (κ3) is 3.08. The molecule has 0 atom stereocenters. The van der Waals surface area contributed by atoms with Gasteiger partial charge in [-0.15, -0.1) is 0 Å². The van der Waals surface area contributed by atoms with Gasteiger partial charge < -0.3 is 8.83 Å². The van der Waals surface area contributed by atoms with E-state index in [0.29, 0.717) is 33.6 Å². The molecular weight excluding hydrogens is 408 g/mol. The Morgan fingerprint density at radius 3 is 2.55 bits per heavy atom. The number of rotatable bonds is 2. The Balaban J connectivity index is 1.64. The van der Waals surface area contributed by atoms with E-state index >= 15 is 0 Å². The Kier molecular flexibility index (Phi) is 3.68. The Morgan fingerprint density at radius 2 is 1.73 bits per heavy atom. The molecule has 0 aliphatic heterocycles. The van der Waals surface area contributed by atoms with Crippen molar-refractivity contribution in [2.24, 2.45) is 5.41 Å². The predicted octanol–water partition coefficient (Wildman–Crippen LogP) is 8.01. The SMILES string of the molecule is [2H]C([2H])(c1ccnc(-c2cccc3c2oc2c(C#N)c4c(cc23)oc2ccccc24)c1)C(C)(C)C. The molecule has 0 N–H and O–H groups in total. The van der Waals surface area contributed by atoms with Crippen molar-refractivity contribution in [1.29, 1.82) is 5.26 Å². The van der Waals surface area contributed by atoms with Gasteiger partial charge in [-0.3, -0.25) is 4.98 Å². The van der Waals surface area contributed by atoms with Crippen LogP contribution in [0.2, 0.25) is 0 Å². The molecule has 0 unspecified atom stereocenters. The van der Waals surface area contributed by atoms with Crippen molar-refractivity contribution in [2.45, 2.75) is 27.1 Å². The van der Waals surface area contributed by atoms with Crippen LogP contribution in [0.4, 0.5) is 0 Å². The summed E-state index contributed by atoms with van der Waals surface area (Å²) in [6, 6.07) is 21.2. The standard InChI is InChI=1S/C29H22N2O2/c1-29(2,3)15-17-11-12-31-23(13-17)19-9-6-8-18-21-14-25-26(20-7-4-5-10-24(20)32-25)22(16-30)28(21)33-27(18)19/h4-14H,15H2,1-3H3/i15D2. The summed E-state index contributed by atoms with van der Waals surface area (Å²) in [6.07, 6.45) is 0.0850. The maximum absolute atomic E-state index is 10.1. The van der Waals surface area contributed by atoms with Gasteiger partial charge in [-0.25, -0.2) is 0 Å². The van der Waals surface area contributed by atoms with E-state index in [0.717, 1.165) is 32.7 Å². The van der Waals surface area contributed by atoms with Crippen LogP contribution in [0, 0.1) is 16.7 Å². The molecule has 6 aromatic rings. The fourth-order valence-corrected chi connectivity index (χ4v) is 4.53. The minimum atomic E-state index is -1.55. The molecular formula is C29H22N2O2. The Labute approximate surface area is 193 Å². The van der Waals surface area contributed by atoms with E-state index in [1.807, 2.05) is 69.3 Å². The van der Waals surface area contributed by atoms with E-state index in [4.69, 9.17) is 11.6 Å². The lowest BCUT2D eigenvalue weighted by atomic mass is 9.88. The Hall–Kier alpha value is -4.10. The highest BCUT2D eigenvalue weighted by atomic mass is 16.3. The maximum atomic E-state index is 10.1. The van der Waals surface area contributed by atoms with Gasteiger partial charge in [0.25, 0.3) is 0 Å². The summed E-state index contributed by atoms with van der Waals surface area (Å²) in [6.45, 7) is 5.65. The molecule has 0 aliphatic carbocycles. The van der Waals surface area contributed by atoms with Crippen LogP contribution in [-0.4, -0.2) is 4.98 Å². The number of benzene rings is 3. The summed E-state index contributed by atoms with van der Waals surface area (Å²) >= 11 is 0. The number of hydrogen-bond acceptors (Lipinski definition) is 4. The summed E-state index contributed by atoms with van der Waals surface area (Å²) in [5.41, 5.74) is 4.26. The number of nitrogens with zero attached hydrogens (tertiary/aromatic N) is 2. The quantitative estimate of drug-likeness (QED) is 0.278. The number of nitriles is 1. The normalized spacial score (nSPS) is 13.5. The van der Waals surface area contributed by atoms with Crippen LogP contribution in [0.25, 0.3) is 55.1 Å². The Bertz CT molecular complexity index is 1830. The molecule has 6 rings (SSSR count). The molecule has 0 spiro atoms. The van der Waals surface area contributed by atoms with Crippen molar-refractivity contribution in [1.82, 2.24) is 4.98 Å². The molecule has 0 bridgehead atoms. The zero-order valence-electron chi connectivity index (χ0n) is 20.6. The maximum Gasteiger partial charge on any atom is 0.154 e. The number of para-hydroxylation sites is 2. The molecule has 0 aliphatic rings. The van der Waals surface area contributed by atoms with Gasteiger partial charge >= 0.3 is 0 Å². The predicted molar refractivity (Wildman–Crippen MR) is 132 cm³/mol. The van der Waals surface area contributed by atoms with Gasteiger partial charge in [0.1, 0.15) is 28.4 Å². The lowest BCUT2D eigenvalue weighted by Crippen LogP contribution is -2.09. The number of hydrogen-bond donors (Lipinski definition) is 0. The van der Waals surface area contributed by atoms with Gasteiger partial charge in [-0.05, 0) is 47.7 Å². The highest BCUT2D eigenvalue weighted by molar-refractivity contribution is 6.19.